The van der Waals surface area contributed by atoms with Gasteiger partial charge in [0.05, 0.1) is 5.92 Å². The van der Waals surface area contributed by atoms with Crippen molar-refractivity contribution in [2.45, 2.75) is 19.4 Å². The third kappa shape index (κ3) is 4.59. The Morgan fingerprint density at radius 1 is 1.07 bits per heavy atom. The number of hydrogen-bond acceptors (Lipinski definition) is 5. The van der Waals surface area contributed by atoms with Crippen LogP contribution in [0, 0.1) is 5.92 Å². The molecule has 6 heteroatoms. The van der Waals surface area contributed by atoms with Crippen molar-refractivity contribution in [3.05, 3.63) is 66.2 Å². The van der Waals surface area contributed by atoms with E-state index in [0.29, 0.717) is 5.13 Å². The van der Waals surface area contributed by atoms with Crippen LogP contribution in [0.25, 0.3) is 10.6 Å². The van der Waals surface area contributed by atoms with Gasteiger partial charge in [-0.25, -0.2) is 0 Å². The van der Waals surface area contributed by atoms with E-state index in [1.807, 2.05) is 36.4 Å². The highest BCUT2D eigenvalue weighted by Crippen LogP contribution is 2.27. The number of carbonyl (C=O) groups is 1. The van der Waals surface area contributed by atoms with Crippen molar-refractivity contribution in [2.24, 2.45) is 5.92 Å². The van der Waals surface area contributed by atoms with Gasteiger partial charge < -0.3 is 5.32 Å². The molecule has 1 aliphatic rings. The van der Waals surface area contributed by atoms with Gasteiger partial charge in [-0.1, -0.05) is 72.0 Å². The van der Waals surface area contributed by atoms with Crippen LogP contribution in [-0.4, -0.2) is 34.1 Å². The predicted octanol–water partition coefficient (Wildman–Crippen LogP) is 4.06. The Balaban J connectivity index is 1.36. The van der Waals surface area contributed by atoms with Gasteiger partial charge in [0.2, 0.25) is 11.0 Å². The summed E-state index contributed by atoms with van der Waals surface area (Å²) in [5.41, 5.74) is 2.30. The number of hydrogen-bond donors (Lipinski definition) is 1. The molecule has 2 heterocycles. The van der Waals surface area contributed by atoms with Gasteiger partial charge in [-0.05, 0) is 24.9 Å². The highest BCUT2D eigenvalue weighted by molar-refractivity contribution is 7.18. The van der Waals surface area contributed by atoms with Gasteiger partial charge in [-0.15, -0.1) is 10.2 Å². The Morgan fingerprint density at radius 2 is 1.81 bits per heavy atom. The number of carbonyl (C=O) groups excluding carboxylic acids is 1. The molecule has 5 nitrogen and oxygen atoms in total. The quantitative estimate of drug-likeness (QED) is 0.727. The number of rotatable bonds is 5. The molecule has 1 amide bonds. The largest absolute Gasteiger partial charge is 0.300 e. The fourth-order valence-electron chi connectivity index (χ4n) is 3.43. The van der Waals surface area contributed by atoms with E-state index in [4.69, 9.17) is 0 Å². The second-order valence-electron chi connectivity index (χ2n) is 6.83. The molecule has 0 radical (unpaired) electrons. The minimum atomic E-state index is -0.00784. The van der Waals surface area contributed by atoms with Crippen molar-refractivity contribution < 1.29 is 4.79 Å². The zero-order valence-corrected chi connectivity index (χ0v) is 15.9. The van der Waals surface area contributed by atoms with E-state index < -0.39 is 0 Å². The number of aromatic nitrogens is 2. The van der Waals surface area contributed by atoms with Crippen LogP contribution in [0.3, 0.4) is 0 Å². The maximum Gasteiger partial charge on any atom is 0.230 e. The highest BCUT2D eigenvalue weighted by atomic mass is 32.1. The van der Waals surface area contributed by atoms with Crippen LogP contribution in [0.5, 0.6) is 0 Å². The number of piperidine rings is 1. The van der Waals surface area contributed by atoms with Gasteiger partial charge in [-0.2, -0.15) is 0 Å². The fourth-order valence-corrected chi connectivity index (χ4v) is 4.19. The first-order chi connectivity index (χ1) is 13.3. The van der Waals surface area contributed by atoms with Gasteiger partial charge >= 0.3 is 0 Å². The lowest BCUT2D eigenvalue weighted by Crippen LogP contribution is -2.40. The molecule has 27 heavy (non-hydrogen) atoms. The topological polar surface area (TPSA) is 58.1 Å². The summed E-state index contributed by atoms with van der Waals surface area (Å²) in [6, 6.07) is 20.3. The van der Waals surface area contributed by atoms with Crippen LogP contribution in [0.1, 0.15) is 18.4 Å². The molecule has 1 saturated heterocycles. The molecule has 1 unspecified atom stereocenters. The average molecular weight is 379 g/mol. The zero-order valence-electron chi connectivity index (χ0n) is 15.0. The minimum Gasteiger partial charge on any atom is -0.300 e. The van der Waals surface area contributed by atoms with Crippen LogP contribution in [0.15, 0.2) is 60.7 Å². The first-order valence-electron chi connectivity index (χ1n) is 9.24. The number of likely N-dealkylation sites (tertiary alicyclic amines) is 1. The molecule has 3 aromatic rings. The average Bonchev–Trinajstić information content (AvgIpc) is 3.18. The van der Waals surface area contributed by atoms with Crippen LogP contribution in [0.4, 0.5) is 5.13 Å². The maximum atomic E-state index is 12.7. The summed E-state index contributed by atoms with van der Waals surface area (Å²) in [5, 5.41) is 12.7. The third-order valence-corrected chi connectivity index (χ3v) is 5.69. The fraction of sp³-hybridized carbons (Fsp3) is 0.286. The summed E-state index contributed by atoms with van der Waals surface area (Å²) in [6.45, 7) is 2.71. The Morgan fingerprint density at radius 3 is 2.59 bits per heavy atom. The predicted molar refractivity (Wildman–Crippen MR) is 108 cm³/mol. The normalized spacial score (nSPS) is 17.6. The molecular weight excluding hydrogens is 356 g/mol. The first kappa shape index (κ1) is 17.8. The van der Waals surface area contributed by atoms with E-state index >= 15 is 0 Å². The zero-order chi connectivity index (χ0) is 18.5. The third-order valence-electron chi connectivity index (χ3n) is 4.80. The van der Waals surface area contributed by atoms with Gasteiger partial charge in [0.1, 0.15) is 5.01 Å². The SMILES string of the molecule is O=C(Nc1nnc(-c2ccccc2)s1)C1CCCN(Cc2ccccc2)C1. The molecule has 1 N–H and O–H groups in total. The van der Waals surface area contributed by atoms with Gasteiger partial charge in [0.15, 0.2) is 0 Å². The standard InChI is InChI=1S/C21H22N4OS/c26-19(22-21-24-23-20(27-21)17-10-5-2-6-11-17)18-12-7-13-25(15-18)14-16-8-3-1-4-9-16/h1-6,8-11,18H,7,12-15H2,(H,22,24,26). The van der Waals surface area contributed by atoms with Crippen molar-refractivity contribution in [3.8, 4) is 10.6 Å². The molecule has 138 valence electrons. The van der Waals surface area contributed by atoms with Crippen LogP contribution in [0.2, 0.25) is 0 Å². The van der Waals surface area contributed by atoms with E-state index in [1.54, 1.807) is 0 Å². The Hall–Kier alpha value is -2.57. The number of nitrogens with zero attached hydrogens (tertiary/aromatic N) is 3. The molecule has 1 atom stereocenters. The second kappa shape index (κ2) is 8.41. The molecule has 1 fully saturated rings. The molecular formula is C21H22N4OS. The molecule has 0 saturated carbocycles. The van der Waals surface area contributed by atoms with Crippen LogP contribution >= 0.6 is 11.3 Å². The maximum absolute atomic E-state index is 12.7. The summed E-state index contributed by atoms with van der Waals surface area (Å²) in [4.78, 5) is 15.1. The van der Waals surface area contributed by atoms with Crippen molar-refractivity contribution in [1.82, 2.24) is 15.1 Å². The van der Waals surface area contributed by atoms with E-state index in [1.165, 1.54) is 16.9 Å². The lowest BCUT2D eigenvalue weighted by molar-refractivity contribution is -0.121. The Bertz CT molecular complexity index is 881. The van der Waals surface area contributed by atoms with Gasteiger partial charge in [0, 0.05) is 18.7 Å². The smallest absolute Gasteiger partial charge is 0.230 e. The van der Waals surface area contributed by atoms with Crippen molar-refractivity contribution >= 4 is 22.4 Å². The molecule has 0 spiro atoms. The molecule has 2 aromatic carbocycles. The van der Waals surface area contributed by atoms with E-state index in [-0.39, 0.29) is 11.8 Å². The van der Waals surface area contributed by atoms with Gasteiger partial charge in [0.25, 0.3) is 0 Å². The Kier molecular flexibility index (Phi) is 5.55. The number of anilines is 1. The van der Waals surface area contributed by atoms with E-state index in [0.717, 1.165) is 43.0 Å². The van der Waals surface area contributed by atoms with Crippen molar-refractivity contribution in [2.75, 3.05) is 18.4 Å². The minimum absolute atomic E-state index is 0.00784. The second-order valence-corrected chi connectivity index (χ2v) is 7.81. The number of nitrogens with one attached hydrogen (secondary N) is 1. The summed E-state index contributed by atoms with van der Waals surface area (Å²) in [5.74, 6) is 0.0371. The number of amides is 1. The van der Waals surface area contributed by atoms with Crippen molar-refractivity contribution in [1.29, 1.82) is 0 Å². The van der Waals surface area contributed by atoms with Crippen LogP contribution < -0.4 is 5.32 Å². The summed E-state index contributed by atoms with van der Waals surface area (Å²) < 4.78 is 0. The van der Waals surface area contributed by atoms with Crippen molar-refractivity contribution in [3.63, 3.8) is 0 Å². The van der Waals surface area contributed by atoms with Gasteiger partial charge in [-0.3, -0.25) is 9.69 Å². The first-order valence-corrected chi connectivity index (χ1v) is 10.1. The number of benzene rings is 2. The van der Waals surface area contributed by atoms with E-state index in [9.17, 15) is 4.79 Å². The highest BCUT2D eigenvalue weighted by Gasteiger charge is 2.26. The Labute approximate surface area is 163 Å². The van der Waals surface area contributed by atoms with E-state index in [2.05, 4.69) is 44.7 Å². The lowest BCUT2D eigenvalue weighted by Gasteiger charge is -2.31. The molecule has 4 rings (SSSR count). The monoisotopic (exact) mass is 378 g/mol. The summed E-state index contributed by atoms with van der Waals surface area (Å²) in [6.07, 6.45) is 1.96. The lowest BCUT2D eigenvalue weighted by atomic mass is 9.97. The molecule has 1 aromatic heterocycles. The molecule has 0 aliphatic carbocycles. The molecule has 1 aliphatic heterocycles. The van der Waals surface area contributed by atoms with Crippen LogP contribution in [-0.2, 0) is 11.3 Å². The summed E-state index contributed by atoms with van der Waals surface area (Å²) >= 11 is 1.41. The molecule has 0 bridgehead atoms. The summed E-state index contributed by atoms with van der Waals surface area (Å²) in [7, 11) is 0.